The van der Waals surface area contributed by atoms with Crippen LogP contribution in [0.2, 0.25) is 0 Å². The molecule has 0 spiro atoms. The van der Waals surface area contributed by atoms with Gasteiger partial charge in [-0.25, -0.2) is 4.98 Å². The topological polar surface area (TPSA) is 60.8 Å². The summed E-state index contributed by atoms with van der Waals surface area (Å²) in [6, 6.07) is 7.86. The number of hydrogen-bond acceptors (Lipinski definition) is 5. The zero-order valence-electron chi connectivity index (χ0n) is 14.4. The summed E-state index contributed by atoms with van der Waals surface area (Å²) in [6.45, 7) is 2.85. The first-order valence-electron chi connectivity index (χ1n) is 7.61. The van der Waals surface area contributed by atoms with E-state index in [1.54, 1.807) is 24.3 Å². The second-order valence-electron chi connectivity index (χ2n) is 5.47. The number of carbonyl (C=O) groups excluding carboxylic acids is 1. The number of halogens is 3. The lowest BCUT2D eigenvalue weighted by Crippen LogP contribution is -2.15. The van der Waals surface area contributed by atoms with Crippen molar-refractivity contribution in [1.29, 1.82) is 0 Å². The van der Waals surface area contributed by atoms with Gasteiger partial charge in [0.05, 0.1) is 5.56 Å². The monoisotopic (exact) mass is 366 g/mol. The van der Waals surface area contributed by atoms with Gasteiger partial charge in [-0.15, -0.1) is 0 Å². The van der Waals surface area contributed by atoms with E-state index in [1.807, 2.05) is 0 Å². The lowest BCUT2D eigenvalue weighted by molar-refractivity contribution is -0.137. The molecule has 1 heterocycles. The molecule has 0 aliphatic rings. The molecule has 8 heteroatoms. The molecule has 0 atom stereocenters. The number of ether oxygens (including phenoxy) is 1. The quantitative estimate of drug-likeness (QED) is 0.574. The Kier molecular flexibility index (Phi) is 5.97. The summed E-state index contributed by atoms with van der Waals surface area (Å²) in [4.78, 5) is 20.2. The highest BCUT2D eigenvalue weighted by atomic mass is 19.4. The molecule has 0 amide bonds. The Morgan fingerprint density at radius 3 is 2.54 bits per heavy atom. The van der Waals surface area contributed by atoms with Crippen LogP contribution in [0, 0.1) is 6.92 Å². The molecule has 0 aliphatic carbocycles. The lowest BCUT2D eigenvalue weighted by atomic mass is 10.0. The van der Waals surface area contributed by atoms with Crippen LogP contribution in [0.5, 0.6) is 5.88 Å². The first-order valence-corrected chi connectivity index (χ1v) is 7.61. The van der Waals surface area contributed by atoms with Crippen molar-refractivity contribution >= 4 is 11.5 Å². The first-order chi connectivity index (χ1) is 12.2. The van der Waals surface area contributed by atoms with E-state index >= 15 is 0 Å². The van der Waals surface area contributed by atoms with Crippen molar-refractivity contribution in [2.45, 2.75) is 26.6 Å². The van der Waals surface area contributed by atoms with Gasteiger partial charge in [-0.1, -0.05) is 29.4 Å². The van der Waals surface area contributed by atoms with Gasteiger partial charge < -0.3 is 9.57 Å². The Morgan fingerprint density at radius 1 is 1.27 bits per heavy atom. The van der Waals surface area contributed by atoms with Crippen molar-refractivity contribution < 1.29 is 27.5 Å². The fraction of sp³-hybridized carbons (Fsp3) is 0.278. The maximum Gasteiger partial charge on any atom is 0.417 e. The molecular weight excluding hydrogens is 349 g/mol. The number of benzene rings is 1. The van der Waals surface area contributed by atoms with Gasteiger partial charge >= 0.3 is 6.18 Å². The van der Waals surface area contributed by atoms with Crippen molar-refractivity contribution in [2.24, 2.45) is 5.16 Å². The Morgan fingerprint density at radius 2 is 1.96 bits per heavy atom. The van der Waals surface area contributed by atoms with Crippen LogP contribution < -0.4 is 4.74 Å². The number of aromatic nitrogens is 1. The average Bonchev–Trinajstić information content (AvgIpc) is 2.58. The zero-order valence-corrected chi connectivity index (χ0v) is 14.4. The molecule has 0 aliphatic heterocycles. The van der Waals surface area contributed by atoms with Gasteiger partial charge in [-0.3, -0.25) is 4.79 Å². The second-order valence-corrected chi connectivity index (χ2v) is 5.47. The van der Waals surface area contributed by atoms with E-state index in [0.29, 0.717) is 11.1 Å². The van der Waals surface area contributed by atoms with Crippen LogP contribution in [0.1, 0.15) is 29.2 Å². The number of hydrogen-bond donors (Lipinski definition) is 0. The fourth-order valence-corrected chi connectivity index (χ4v) is 2.29. The summed E-state index contributed by atoms with van der Waals surface area (Å²) in [7, 11) is 1.33. The largest absolute Gasteiger partial charge is 0.473 e. The normalized spacial score (nSPS) is 12.0. The van der Waals surface area contributed by atoms with Gasteiger partial charge in [0.15, 0.2) is 11.5 Å². The third-order valence-electron chi connectivity index (χ3n) is 3.51. The summed E-state index contributed by atoms with van der Waals surface area (Å²) in [5.41, 5.74) is 0.693. The highest BCUT2D eigenvalue weighted by Gasteiger charge is 2.31. The number of aryl methyl sites for hydroxylation is 1. The molecule has 0 N–H and O–H groups in total. The first kappa shape index (κ1) is 19.4. The van der Waals surface area contributed by atoms with E-state index in [-0.39, 0.29) is 29.5 Å². The van der Waals surface area contributed by atoms with E-state index in [0.717, 1.165) is 12.3 Å². The molecule has 2 aromatic rings. The van der Waals surface area contributed by atoms with Gasteiger partial charge in [-0.05, 0) is 18.6 Å². The third-order valence-corrected chi connectivity index (χ3v) is 3.51. The molecule has 1 aromatic carbocycles. The molecule has 0 fully saturated rings. The zero-order chi connectivity index (χ0) is 19.3. The standard InChI is InChI=1S/C18H17F3N2O3/c1-11-8-14(18(19,20)21)9-22-17(11)26-10-13-6-4-5-7-15(13)16(12(2)24)23-25-3/h4-9H,10H2,1-3H3/b23-16+. The molecule has 0 unspecified atom stereocenters. The van der Waals surface area contributed by atoms with Gasteiger partial charge in [0.25, 0.3) is 0 Å². The summed E-state index contributed by atoms with van der Waals surface area (Å²) < 4.78 is 43.7. The van der Waals surface area contributed by atoms with Gasteiger partial charge in [-0.2, -0.15) is 13.2 Å². The van der Waals surface area contributed by atoms with Crippen molar-refractivity contribution in [3.63, 3.8) is 0 Å². The van der Waals surface area contributed by atoms with Crippen LogP contribution in [-0.2, 0) is 22.4 Å². The van der Waals surface area contributed by atoms with Crippen LogP contribution in [0.15, 0.2) is 41.7 Å². The maximum atomic E-state index is 12.7. The number of oxime groups is 1. The molecule has 0 radical (unpaired) electrons. The minimum atomic E-state index is -4.46. The number of pyridine rings is 1. The molecule has 26 heavy (non-hydrogen) atoms. The maximum absolute atomic E-state index is 12.7. The Hall–Kier alpha value is -2.90. The third kappa shape index (κ3) is 4.59. The molecular formula is C18H17F3N2O3. The highest BCUT2D eigenvalue weighted by molar-refractivity contribution is 6.45. The van der Waals surface area contributed by atoms with E-state index < -0.39 is 11.7 Å². The van der Waals surface area contributed by atoms with Crippen molar-refractivity contribution in [3.8, 4) is 5.88 Å². The van der Waals surface area contributed by atoms with Crippen molar-refractivity contribution in [1.82, 2.24) is 4.98 Å². The Balaban J connectivity index is 2.26. The van der Waals surface area contributed by atoms with Gasteiger partial charge in [0.2, 0.25) is 5.88 Å². The van der Waals surface area contributed by atoms with Crippen LogP contribution in [0.25, 0.3) is 0 Å². The number of carbonyl (C=O) groups is 1. The summed E-state index contributed by atoms with van der Waals surface area (Å²) in [6.07, 6.45) is -3.74. The van der Waals surface area contributed by atoms with Crippen LogP contribution in [-0.4, -0.2) is 23.6 Å². The average molecular weight is 366 g/mol. The fourth-order valence-electron chi connectivity index (χ4n) is 2.29. The lowest BCUT2D eigenvalue weighted by Gasteiger charge is -2.13. The predicted octanol–water partition coefficient (Wildman–Crippen LogP) is 3.93. The Bertz CT molecular complexity index is 833. The second kappa shape index (κ2) is 7.99. The number of Topliss-reactive ketones (excluding diaryl/α,β-unsaturated/α-hetero) is 1. The minimum absolute atomic E-state index is 0.00535. The summed E-state index contributed by atoms with van der Waals surface area (Å²) in [5, 5.41) is 3.74. The molecule has 138 valence electrons. The van der Waals surface area contributed by atoms with Crippen molar-refractivity contribution in [2.75, 3.05) is 7.11 Å². The smallest absolute Gasteiger partial charge is 0.417 e. The number of ketones is 1. The molecule has 2 rings (SSSR count). The van der Waals surface area contributed by atoms with Crippen LogP contribution >= 0.6 is 0 Å². The number of nitrogens with zero attached hydrogens (tertiary/aromatic N) is 2. The number of alkyl halides is 3. The molecule has 5 nitrogen and oxygen atoms in total. The van der Waals surface area contributed by atoms with Gasteiger partial charge in [0.1, 0.15) is 13.7 Å². The highest BCUT2D eigenvalue weighted by Crippen LogP contribution is 2.31. The molecule has 0 bridgehead atoms. The van der Waals surface area contributed by atoms with E-state index in [9.17, 15) is 18.0 Å². The molecule has 0 saturated carbocycles. The molecule has 1 aromatic heterocycles. The van der Waals surface area contributed by atoms with Crippen LogP contribution in [0.3, 0.4) is 0 Å². The van der Waals surface area contributed by atoms with Gasteiger partial charge in [0, 0.05) is 24.2 Å². The predicted molar refractivity (Wildman–Crippen MR) is 89.0 cm³/mol. The van der Waals surface area contributed by atoms with E-state index in [1.165, 1.54) is 21.0 Å². The summed E-state index contributed by atoms with van der Waals surface area (Å²) >= 11 is 0. The summed E-state index contributed by atoms with van der Waals surface area (Å²) in [5.74, 6) is -0.205. The Labute approximate surface area is 148 Å². The van der Waals surface area contributed by atoms with E-state index in [2.05, 4.69) is 10.1 Å². The van der Waals surface area contributed by atoms with Crippen molar-refractivity contribution in [3.05, 3.63) is 58.8 Å². The minimum Gasteiger partial charge on any atom is -0.473 e. The van der Waals surface area contributed by atoms with E-state index in [4.69, 9.17) is 9.57 Å². The SMILES string of the molecule is CO/N=C(\C(C)=O)c1ccccc1COc1ncc(C(F)(F)F)cc1C. The van der Waals surface area contributed by atoms with Crippen LogP contribution in [0.4, 0.5) is 13.2 Å². The number of rotatable bonds is 6. The molecule has 0 saturated heterocycles.